The van der Waals surface area contributed by atoms with Gasteiger partial charge in [0, 0.05) is 23.2 Å². The molecular weight excluding hydrogens is 457 g/mol. The van der Waals surface area contributed by atoms with Crippen LogP contribution in [0.4, 0.5) is 4.39 Å². The number of ether oxygens (including phenoxy) is 3. The van der Waals surface area contributed by atoms with Crippen LogP contribution in [0.3, 0.4) is 0 Å². The molecule has 0 bridgehead atoms. The number of aryl methyl sites for hydroxylation is 2. The second-order valence-electron chi connectivity index (χ2n) is 10.1. The molecule has 0 fully saturated rings. The Kier molecular flexibility index (Phi) is 9.08. The zero-order valence-corrected chi connectivity index (χ0v) is 22.1. The van der Waals surface area contributed by atoms with E-state index in [9.17, 15) is 9.18 Å². The van der Waals surface area contributed by atoms with Gasteiger partial charge in [-0.15, -0.1) is 0 Å². The number of halogens is 1. The van der Waals surface area contributed by atoms with Crippen LogP contribution in [0.1, 0.15) is 56.6 Å². The van der Waals surface area contributed by atoms with Crippen molar-refractivity contribution in [3.63, 3.8) is 0 Å². The van der Waals surface area contributed by atoms with Crippen molar-refractivity contribution in [2.45, 2.75) is 60.5 Å². The lowest BCUT2D eigenvalue weighted by molar-refractivity contribution is -0.143. The molecule has 3 aromatic rings. The van der Waals surface area contributed by atoms with Crippen molar-refractivity contribution < 1.29 is 23.4 Å². The summed E-state index contributed by atoms with van der Waals surface area (Å²) < 4.78 is 31.2. The van der Waals surface area contributed by atoms with E-state index < -0.39 is 0 Å². The number of carbonyl (C=O) groups excluding carboxylic acids is 1. The first-order valence-electron chi connectivity index (χ1n) is 12.3. The van der Waals surface area contributed by atoms with Gasteiger partial charge in [0.25, 0.3) is 0 Å². The van der Waals surface area contributed by atoms with Gasteiger partial charge in [-0.2, -0.15) is 0 Å². The molecule has 5 nitrogen and oxygen atoms in total. The molecule has 0 spiro atoms. The van der Waals surface area contributed by atoms with E-state index in [1.165, 1.54) is 6.07 Å². The normalized spacial score (nSPS) is 11.3. The van der Waals surface area contributed by atoms with Gasteiger partial charge >= 0.3 is 5.97 Å². The van der Waals surface area contributed by atoms with E-state index in [1.807, 2.05) is 37.3 Å². The minimum Gasteiger partial charge on any atom is -0.497 e. The van der Waals surface area contributed by atoms with Gasteiger partial charge in [0.1, 0.15) is 23.9 Å². The fourth-order valence-corrected chi connectivity index (χ4v) is 3.93. The van der Waals surface area contributed by atoms with Crippen molar-refractivity contribution in [1.82, 2.24) is 4.98 Å². The minimum absolute atomic E-state index is 0.0413. The van der Waals surface area contributed by atoms with Crippen LogP contribution in [0.2, 0.25) is 0 Å². The first-order valence-corrected chi connectivity index (χ1v) is 12.3. The molecule has 1 heterocycles. The topological polar surface area (TPSA) is 57.7 Å². The number of aromatic nitrogens is 1. The van der Waals surface area contributed by atoms with Crippen molar-refractivity contribution in [2.75, 3.05) is 13.7 Å². The highest BCUT2D eigenvalue weighted by Gasteiger charge is 2.19. The summed E-state index contributed by atoms with van der Waals surface area (Å²) in [6, 6.07) is 14.5. The molecule has 0 saturated heterocycles. The molecule has 3 rings (SSSR count). The lowest BCUT2D eigenvalue weighted by atomic mass is 9.87. The van der Waals surface area contributed by atoms with E-state index in [0.717, 1.165) is 33.8 Å². The van der Waals surface area contributed by atoms with Crippen molar-refractivity contribution in [1.29, 1.82) is 0 Å². The molecule has 192 valence electrons. The number of rotatable bonds is 10. The second-order valence-corrected chi connectivity index (χ2v) is 10.1. The number of pyridine rings is 1. The molecule has 0 radical (unpaired) electrons. The molecule has 1 aromatic heterocycles. The first-order chi connectivity index (χ1) is 17.1. The SMILES string of the molecule is CCOC(=O)CCc1ccc(C)c(OCc2ccc(-c3cc(OC)ccc3F)c(CC(C)(C)C)n2)c1. The van der Waals surface area contributed by atoms with Crippen molar-refractivity contribution in [2.24, 2.45) is 5.41 Å². The summed E-state index contributed by atoms with van der Waals surface area (Å²) in [6.07, 6.45) is 1.59. The Morgan fingerprint density at radius 3 is 2.50 bits per heavy atom. The smallest absolute Gasteiger partial charge is 0.306 e. The van der Waals surface area contributed by atoms with Crippen LogP contribution in [0.15, 0.2) is 48.5 Å². The second kappa shape index (κ2) is 12.0. The number of nitrogens with zero attached hydrogens (tertiary/aromatic N) is 1. The van der Waals surface area contributed by atoms with Crippen molar-refractivity contribution >= 4 is 5.97 Å². The van der Waals surface area contributed by atoms with E-state index in [1.54, 1.807) is 26.2 Å². The molecule has 2 aromatic carbocycles. The fraction of sp³-hybridized carbons (Fsp3) is 0.400. The molecular formula is C30H36FNO4. The summed E-state index contributed by atoms with van der Waals surface area (Å²) in [5, 5.41) is 0. The largest absolute Gasteiger partial charge is 0.497 e. The standard InChI is InChI=1S/C30H36FNO4/c1-7-35-29(33)15-10-21-9-8-20(2)28(16-21)36-19-22-11-13-24(27(32-22)18-30(3,4)5)25-17-23(34-6)12-14-26(25)31/h8-9,11-14,16-17H,7,10,15,18-19H2,1-6H3. The molecule has 0 aliphatic rings. The van der Waals surface area contributed by atoms with E-state index in [-0.39, 0.29) is 23.8 Å². The molecule has 0 aliphatic carbocycles. The maximum Gasteiger partial charge on any atom is 0.306 e. The number of hydrogen-bond acceptors (Lipinski definition) is 5. The van der Waals surface area contributed by atoms with Gasteiger partial charge in [-0.25, -0.2) is 4.39 Å². The first kappa shape index (κ1) is 27.2. The van der Waals surface area contributed by atoms with Gasteiger partial charge in [-0.05, 0) is 73.6 Å². The number of benzene rings is 2. The summed E-state index contributed by atoms with van der Waals surface area (Å²) >= 11 is 0. The highest BCUT2D eigenvalue weighted by molar-refractivity contribution is 5.70. The fourth-order valence-electron chi connectivity index (χ4n) is 3.93. The highest BCUT2D eigenvalue weighted by atomic mass is 19.1. The van der Waals surface area contributed by atoms with Gasteiger partial charge in [0.15, 0.2) is 0 Å². The molecule has 0 atom stereocenters. The quantitative estimate of drug-likeness (QED) is 0.289. The lowest BCUT2D eigenvalue weighted by Crippen LogP contribution is -2.13. The Hall–Kier alpha value is -3.41. The number of esters is 1. The Bertz CT molecular complexity index is 1200. The van der Waals surface area contributed by atoms with Crippen LogP contribution in [-0.2, 0) is 29.0 Å². The Morgan fingerprint density at radius 2 is 1.81 bits per heavy atom. The summed E-state index contributed by atoms with van der Waals surface area (Å²) in [6.45, 7) is 10.8. The summed E-state index contributed by atoms with van der Waals surface area (Å²) in [5.74, 6) is 0.827. The predicted molar refractivity (Wildman–Crippen MR) is 140 cm³/mol. The van der Waals surface area contributed by atoms with Crippen LogP contribution in [0.5, 0.6) is 11.5 Å². The summed E-state index contributed by atoms with van der Waals surface area (Å²) in [7, 11) is 1.57. The Labute approximate surface area is 213 Å². The van der Waals surface area contributed by atoms with Gasteiger partial charge in [-0.3, -0.25) is 9.78 Å². The summed E-state index contributed by atoms with van der Waals surface area (Å²) in [5.41, 5.74) is 4.77. The number of carbonyl (C=O) groups is 1. The molecule has 0 N–H and O–H groups in total. The maximum absolute atomic E-state index is 14.8. The maximum atomic E-state index is 14.8. The van der Waals surface area contributed by atoms with Crippen LogP contribution in [-0.4, -0.2) is 24.7 Å². The molecule has 0 unspecified atom stereocenters. The molecule has 0 aliphatic heterocycles. The molecule has 36 heavy (non-hydrogen) atoms. The van der Waals surface area contributed by atoms with Gasteiger partial charge in [0.05, 0.1) is 19.4 Å². The van der Waals surface area contributed by atoms with Gasteiger partial charge in [-0.1, -0.05) is 39.0 Å². The Morgan fingerprint density at radius 1 is 1.03 bits per heavy atom. The van der Waals surface area contributed by atoms with Crippen molar-refractivity contribution in [3.8, 4) is 22.6 Å². The highest BCUT2D eigenvalue weighted by Crippen LogP contribution is 2.33. The van der Waals surface area contributed by atoms with E-state index in [4.69, 9.17) is 19.2 Å². The van der Waals surface area contributed by atoms with E-state index in [2.05, 4.69) is 20.8 Å². The number of hydrogen-bond donors (Lipinski definition) is 0. The molecule has 0 amide bonds. The van der Waals surface area contributed by atoms with Crippen LogP contribution < -0.4 is 9.47 Å². The third kappa shape index (κ3) is 7.54. The van der Waals surface area contributed by atoms with Gasteiger partial charge in [0.2, 0.25) is 0 Å². The van der Waals surface area contributed by atoms with E-state index in [0.29, 0.717) is 37.2 Å². The van der Waals surface area contributed by atoms with Gasteiger partial charge < -0.3 is 14.2 Å². The third-order valence-electron chi connectivity index (χ3n) is 5.74. The third-order valence-corrected chi connectivity index (χ3v) is 5.74. The average Bonchev–Trinajstić information content (AvgIpc) is 2.82. The van der Waals surface area contributed by atoms with Crippen LogP contribution in [0, 0.1) is 18.2 Å². The molecule has 0 saturated carbocycles. The average molecular weight is 494 g/mol. The zero-order valence-electron chi connectivity index (χ0n) is 22.1. The Balaban J connectivity index is 1.83. The van der Waals surface area contributed by atoms with E-state index >= 15 is 0 Å². The minimum atomic E-state index is -0.313. The number of methoxy groups -OCH3 is 1. The van der Waals surface area contributed by atoms with Crippen molar-refractivity contribution in [3.05, 3.63) is 76.9 Å². The van der Waals surface area contributed by atoms with Crippen LogP contribution >= 0.6 is 0 Å². The van der Waals surface area contributed by atoms with Crippen LogP contribution in [0.25, 0.3) is 11.1 Å². The zero-order chi connectivity index (χ0) is 26.3. The summed E-state index contributed by atoms with van der Waals surface area (Å²) in [4.78, 5) is 16.6. The molecule has 6 heteroatoms. The predicted octanol–water partition coefficient (Wildman–Crippen LogP) is 6.87. The monoisotopic (exact) mass is 493 g/mol. The lowest BCUT2D eigenvalue weighted by Gasteiger charge is -2.21.